The van der Waals surface area contributed by atoms with Crippen molar-refractivity contribution in [1.29, 1.82) is 0 Å². The summed E-state index contributed by atoms with van der Waals surface area (Å²) in [4.78, 5) is 69.0. The van der Waals surface area contributed by atoms with Gasteiger partial charge in [-0.15, -0.1) is 23.1 Å². The second-order valence-electron chi connectivity index (χ2n) is 11.8. The maximum absolute atomic E-state index is 15.4. The lowest BCUT2D eigenvalue weighted by molar-refractivity contribution is -0.154. The zero-order valence-corrected chi connectivity index (χ0v) is 27.1. The Morgan fingerprint density at radius 2 is 1.83 bits per heavy atom. The number of carboxylic acid groups (broad SMARTS) is 2. The van der Waals surface area contributed by atoms with Crippen molar-refractivity contribution < 1.29 is 33.8 Å². The number of β-lactam (4-membered cyclic amide) rings is 1. The highest BCUT2D eigenvalue weighted by molar-refractivity contribution is 8.00. The average molecular weight is 685 g/mol. The largest absolute Gasteiger partial charge is 0.477 e. The predicted octanol–water partition coefficient (Wildman–Crippen LogP) is 3.72. The second kappa shape index (κ2) is 11.9. The fraction of sp³-hybridized carbons (Fsp3) is 0.387. The quantitative estimate of drug-likeness (QED) is 0.319. The first-order valence-corrected chi connectivity index (χ1v) is 17.6. The van der Waals surface area contributed by atoms with Crippen molar-refractivity contribution in [2.45, 2.75) is 35.5 Å². The first kappa shape index (κ1) is 31.0. The van der Waals surface area contributed by atoms with Crippen molar-refractivity contribution in [2.75, 3.05) is 43.4 Å². The van der Waals surface area contributed by atoms with Crippen LogP contribution in [0.4, 0.5) is 10.1 Å². The molecule has 46 heavy (non-hydrogen) atoms. The molecule has 7 rings (SSSR count). The first-order chi connectivity index (χ1) is 22.0. The van der Waals surface area contributed by atoms with E-state index in [1.165, 1.54) is 39.8 Å². The maximum atomic E-state index is 15.4. The number of anilines is 1. The van der Waals surface area contributed by atoms with Crippen LogP contribution in [0.25, 0.3) is 10.9 Å². The Morgan fingerprint density at radius 3 is 2.48 bits per heavy atom. The molecule has 0 saturated carbocycles. The fourth-order valence-electron chi connectivity index (χ4n) is 6.75. The fourth-order valence-corrected chi connectivity index (χ4v) is 10.0. The minimum atomic E-state index is -1.33. The molecule has 3 atom stereocenters. The van der Waals surface area contributed by atoms with E-state index in [-0.39, 0.29) is 51.9 Å². The lowest BCUT2D eigenvalue weighted by Gasteiger charge is -2.50. The predicted molar refractivity (Wildman–Crippen MR) is 173 cm³/mol. The SMILES string of the molecule is CC1Sc2c(C(=O)O)c(=O)c3cc(F)c(N4CCN(CC5=C(C(=O)O)N6C(=O)[C@@H](CC(=O)Cc7cccs7)[C@H]6SC5)CC4)cc3n21. The number of aromatic carboxylic acids is 1. The Hall–Kier alpha value is -3.66. The summed E-state index contributed by atoms with van der Waals surface area (Å²) in [5, 5.41) is 21.5. The Balaban J connectivity index is 1.04. The minimum absolute atomic E-state index is 0.00494. The molecule has 4 aliphatic rings. The minimum Gasteiger partial charge on any atom is -0.477 e. The third-order valence-electron chi connectivity index (χ3n) is 8.98. The number of piperazine rings is 1. The van der Waals surface area contributed by atoms with Gasteiger partial charge in [0.1, 0.15) is 22.9 Å². The van der Waals surface area contributed by atoms with Gasteiger partial charge in [0.15, 0.2) is 0 Å². The van der Waals surface area contributed by atoms with Gasteiger partial charge in [-0.05, 0) is 36.1 Å². The van der Waals surface area contributed by atoms with E-state index in [1.54, 1.807) is 10.6 Å². The van der Waals surface area contributed by atoms with Crippen molar-refractivity contribution in [3.05, 3.63) is 67.4 Å². The average Bonchev–Trinajstić information content (AvgIpc) is 3.52. The topological polar surface area (TPSA) is 140 Å². The van der Waals surface area contributed by atoms with E-state index in [4.69, 9.17) is 0 Å². The molecule has 2 saturated heterocycles. The van der Waals surface area contributed by atoms with E-state index in [0.717, 1.165) is 10.9 Å². The number of thiophene rings is 1. The number of hydrogen-bond acceptors (Lipinski definition) is 10. The summed E-state index contributed by atoms with van der Waals surface area (Å²) in [5.74, 6) is -3.58. The molecule has 1 unspecified atom stereocenters. The number of Topliss-reactive ketones (excluding diaryl/α,β-unsaturated/α-hetero) is 1. The number of pyridine rings is 1. The number of aliphatic carboxylic acids is 1. The van der Waals surface area contributed by atoms with Gasteiger partial charge >= 0.3 is 11.9 Å². The summed E-state index contributed by atoms with van der Waals surface area (Å²) >= 11 is 4.27. The van der Waals surface area contributed by atoms with E-state index in [0.29, 0.717) is 60.3 Å². The van der Waals surface area contributed by atoms with Gasteiger partial charge in [-0.25, -0.2) is 14.0 Å². The van der Waals surface area contributed by atoms with Crippen LogP contribution in [0.1, 0.15) is 34.0 Å². The number of halogens is 1. The highest BCUT2D eigenvalue weighted by atomic mass is 32.2. The molecule has 0 radical (unpaired) electrons. The molecule has 1 aromatic carbocycles. The lowest BCUT2D eigenvalue weighted by Crippen LogP contribution is -2.62. The number of ketones is 1. The van der Waals surface area contributed by atoms with Crippen LogP contribution >= 0.6 is 34.9 Å². The third-order valence-corrected chi connectivity index (χ3v) is 12.4. The van der Waals surface area contributed by atoms with E-state index in [1.807, 2.05) is 29.3 Å². The molecule has 11 nitrogen and oxygen atoms in total. The number of carbonyl (C=O) groups is 4. The van der Waals surface area contributed by atoms with Gasteiger partial charge in [-0.3, -0.25) is 24.2 Å². The molecule has 0 aliphatic carbocycles. The monoisotopic (exact) mass is 684 g/mol. The molecule has 2 fully saturated rings. The van der Waals surface area contributed by atoms with Crippen molar-refractivity contribution in [3.63, 3.8) is 0 Å². The number of carbonyl (C=O) groups excluding carboxylic acids is 2. The van der Waals surface area contributed by atoms with Gasteiger partial charge in [0.05, 0.1) is 32.9 Å². The first-order valence-electron chi connectivity index (χ1n) is 14.8. The number of carboxylic acids is 2. The standard InChI is InChI=1S/C31H29FN4O7S3/c1-15-35-22-12-23(21(32)11-19(22)26(38)24(30(40)41)29(35)46-15)34-6-4-33(5-7-34)13-16-14-45-28-20(27(39)36(28)25(16)31(42)43)10-17(37)9-18-3-2-8-44-18/h2-3,8,11-12,15,20,28H,4-7,9-10,13-14H2,1H3,(H,40,41)(H,42,43)/t15?,20-,28-/m1/s1. The number of amides is 1. The van der Waals surface area contributed by atoms with Crippen molar-refractivity contribution >= 4 is 75.1 Å². The molecule has 2 N–H and O–H groups in total. The van der Waals surface area contributed by atoms with Crippen LogP contribution in [-0.4, -0.2) is 92.1 Å². The molecule has 0 spiro atoms. The third kappa shape index (κ3) is 5.13. The Bertz CT molecular complexity index is 1900. The molecule has 4 aliphatic heterocycles. The van der Waals surface area contributed by atoms with Gasteiger partial charge < -0.3 is 19.7 Å². The van der Waals surface area contributed by atoms with Crippen molar-refractivity contribution in [2.24, 2.45) is 5.92 Å². The van der Waals surface area contributed by atoms with Gasteiger partial charge in [0, 0.05) is 61.6 Å². The molecule has 0 bridgehead atoms. The normalized spacial score (nSPS) is 22.7. The summed E-state index contributed by atoms with van der Waals surface area (Å²) in [6.07, 6.45) is 0.363. The number of hydrogen-bond donors (Lipinski definition) is 2. The number of benzene rings is 1. The van der Waals surface area contributed by atoms with E-state index < -0.39 is 29.1 Å². The molecule has 3 aromatic rings. The number of thioether (sulfide) groups is 2. The number of aromatic nitrogens is 1. The Kier molecular flexibility index (Phi) is 7.98. The zero-order chi connectivity index (χ0) is 32.4. The molecule has 240 valence electrons. The van der Waals surface area contributed by atoms with Gasteiger partial charge in [0.25, 0.3) is 0 Å². The second-order valence-corrected chi connectivity index (χ2v) is 15.2. The molecule has 15 heteroatoms. The summed E-state index contributed by atoms with van der Waals surface area (Å²) in [6, 6.07) is 6.50. The molecule has 1 amide bonds. The lowest BCUT2D eigenvalue weighted by atomic mass is 9.89. The van der Waals surface area contributed by atoms with E-state index >= 15 is 4.39 Å². The van der Waals surface area contributed by atoms with Crippen LogP contribution in [0.3, 0.4) is 0 Å². The van der Waals surface area contributed by atoms with Gasteiger partial charge in [0.2, 0.25) is 11.3 Å². The van der Waals surface area contributed by atoms with Crippen LogP contribution in [-0.2, 0) is 20.8 Å². The molecule has 6 heterocycles. The maximum Gasteiger partial charge on any atom is 0.352 e. The van der Waals surface area contributed by atoms with Crippen molar-refractivity contribution in [3.8, 4) is 0 Å². The van der Waals surface area contributed by atoms with Crippen LogP contribution < -0.4 is 10.3 Å². The highest BCUT2D eigenvalue weighted by Gasteiger charge is 2.53. The van der Waals surface area contributed by atoms with Crippen LogP contribution in [0.15, 0.2) is 50.7 Å². The van der Waals surface area contributed by atoms with Gasteiger partial charge in [-0.1, -0.05) is 17.8 Å². The Morgan fingerprint density at radius 1 is 1.07 bits per heavy atom. The summed E-state index contributed by atoms with van der Waals surface area (Å²) in [7, 11) is 0. The van der Waals surface area contributed by atoms with Crippen molar-refractivity contribution in [1.82, 2.24) is 14.4 Å². The van der Waals surface area contributed by atoms with Gasteiger partial charge in [-0.2, -0.15) is 0 Å². The zero-order valence-electron chi connectivity index (χ0n) is 24.6. The van der Waals surface area contributed by atoms with E-state index in [2.05, 4.69) is 4.90 Å². The number of fused-ring (bicyclic) bond motifs is 4. The summed E-state index contributed by atoms with van der Waals surface area (Å²) in [6.45, 7) is 4.15. The summed E-state index contributed by atoms with van der Waals surface area (Å²) < 4.78 is 17.2. The molecular weight excluding hydrogens is 656 g/mol. The molecule has 2 aromatic heterocycles. The van der Waals surface area contributed by atoms with Crippen LogP contribution in [0, 0.1) is 11.7 Å². The molecular formula is C31H29FN4O7S3. The van der Waals surface area contributed by atoms with Crippen LogP contribution in [0.2, 0.25) is 0 Å². The number of rotatable bonds is 9. The number of nitrogens with zero attached hydrogens (tertiary/aromatic N) is 4. The smallest absolute Gasteiger partial charge is 0.352 e. The van der Waals surface area contributed by atoms with E-state index in [9.17, 15) is 34.2 Å². The Labute approximate surface area is 274 Å². The van der Waals surface area contributed by atoms with Crippen LogP contribution in [0.5, 0.6) is 0 Å². The summed E-state index contributed by atoms with van der Waals surface area (Å²) in [5.41, 5.74) is 0.406. The highest BCUT2D eigenvalue weighted by Crippen LogP contribution is 2.47.